The number of hydrogen-bond donors (Lipinski definition) is 0. The number of methoxy groups -OCH3 is 1. The van der Waals surface area contributed by atoms with E-state index in [2.05, 4.69) is 9.47 Å². The number of nitrogens with zero attached hydrogens (tertiary/aromatic N) is 1. The van der Waals surface area contributed by atoms with E-state index >= 15 is 0 Å². The standard InChI is InChI=1S/C11H11NO5/c1-12-7(3-4-8(12)11(15)16-2)6-5-9(13)17-10(6)14/h3-4,6H,5H2,1-2H3. The molecule has 0 radical (unpaired) electrons. The van der Waals surface area contributed by atoms with Crippen molar-refractivity contribution in [3.05, 3.63) is 23.5 Å². The molecule has 2 heterocycles. The average Bonchev–Trinajstić information content (AvgIpc) is 2.81. The van der Waals surface area contributed by atoms with Gasteiger partial charge in [-0.2, -0.15) is 0 Å². The number of ether oxygens (including phenoxy) is 2. The Kier molecular flexibility index (Phi) is 2.71. The normalized spacial score (nSPS) is 19.3. The molecule has 17 heavy (non-hydrogen) atoms. The van der Waals surface area contributed by atoms with Crippen LogP contribution in [0.3, 0.4) is 0 Å². The molecule has 90 valence electrons. The Morgan fingerprint density at radius 1 is 1.47 bits per heavy atom. The number of aromatic nitrogens is 1. The summed E-state index contributed by atoms with van der Waals surface area (Å²) in [7, 11) is 2.92. The fourth-order valence-corrected chi connectivity index (χ4v) is 1.89. The van der Waals surface area contributed by atoms with E-state index in [4.69, 9.17) is 0 Å². The Morgan fingerprint density at radius 3 is 2.71 bits per heavy atom. The molecule has 0 bridgehead atoms. The minimum Gasteiger partial charge on any atom is -0.464 e. The van der Waals surface area contributed by atoms with Crippen molar-refractivity contribution in [2.45, 2.75) is 12.3 Å². The molecule has 1 fully saturated rings. The van der Waals surface area contributed by atoms with E-state index < -0.39 is 23.8 Å². The van der Waals surface area contributed by atoms with Gasteiger partial charge in [0.25, 0.3) is 0 Å². The summed E-state index contributed by atoms with van der Waals surface area (Å²) in [5.41, 5.74) is 0.899. The molecule has 1 atom stereocenters. The van der Waals surface area contributed by atoms with Crippen molar-refractivity contribution in [3.63, 3.8) is 0 Å². The first-order valence-electron chi connectivity index (χ1n) is 5.03. The number of esters is 3. The number of hydrogen-bond acceptors (Lipinski definition) is 5. The van der Waals surface area contributed by atoms with Crippen molar-refractivity contribution in [2.24, 2.45) is 7.05 Å². The van der Waals surface area contributed by atoms with Gasteiger partial charge in [-0.3, -0.25) is 9.59 Å². The van der Waals surface area contributed by atoms with Crippen LogP contribution in [0.15, 0.2) is 12.1 Å². The summed E-state index contributed by atoms with van der Waals surface area (Å²) >= 11 is 0. The third-order valence-corrected chi connectivity index (χ3v) is 2.78. The molecule has 1 saturated heterocycles. The van der Waals surface area contributed by atoms with Gasteiger partial charge in [0.1, 0.15) is 11.6 Å². The average molecular weight is 237 g/mol. The highest BCUT2D eigenvalue weighted by Gasteiger charge is 2.36. The monoisotopic (exact) mass is 237 g/mol. The van der Waals surface area contributed by atoms with Crippen LogP contribution >= 0.6 is 0 Å². The first-order valence-corrected chi connectivity index (χ1v) is 5.03. The van der Waals surface area contributed by atoms with Crippen LogP contribution in [0, 0.1) is 0 Å². The van der Waals surface area contributed by atoms with E-state index in [0.29, 0.717) is 11.4 Å². The van der Waals surface area contributed by atoms with Crippen molar-refractivity contribution in [3.8, 4) is 0 Å². The fourth-order valence-electron chi connectivity index (χ4n) is 1.89. The van der Waals surface area contributed by atoms with Crippen molar-refractivity contribution in [1.82, 2.24) is 4.57 Å². The topological polar surface area (TPSA) is 74.6 Å². The van der Waals surface area contributed by atoms with Crippen LogP contribution in [0.1, 0.15) is 28.5 Å². The first-order chi connectivity index (χ1) is 8.04. The summed E-state index contributed by atoms with van der Waals surface area (Å²) < 4.78 is 10.6. The minimum absolute atomic E-state index is 0.0112. The van der Waals surface area contributed by atoms with E-state index in [9.17, 15) is 14.4 Å². The highest BCUT2D eigenvalue weighted by molar-refractivity contribution is 5.98. The fraction of sp³-hybridized carbons (Fsp3) is 0.364. The van der Waals surface area contributed by atoms with Crippen molar-refractivity contribution >= 4 is 17.9 Å². The molecule has 0 aliphatic carbocycles. The highest BCUT2D eigenvalue weighted by Crippen LogP contribution is 2.28. The molecule has 0 amide bonds. The molecular weight excluding hydrogens is 226 g/mol. The van der Waals surface area contributed by atoms with Gasteiger partial charge in [0.05, 0.1) is 13.5 Å². The van der Waals surface area contributed by atoms with Crippen LogP contribution in [0.5, 0.6) is 0 Å². The summed E-state index contributed by atoms with van der Waals surface area (Å²) in [6.07, 6.45) is 0.0112. The molecule has 0 aromatic carbocycles. The quantitative estimate of drug-likeness (QED) is 0.548. The predicted molar refractivity (Wildman–Crippen MR) is 55.2 cm³/mol. The van der Waals surface area contributed by atoms with Gasteiger partial charge in [-0.25, -0.2) is 4.79 Å². The van der Waals surface area contributed by atoms with Crippen LogP contribution in [0.4, 0.5) is 0 Å². The molecule has 1 aliphatic heterocycles. The number of rotatable bonds is 2. The SMILES string of the molecule is COC(=O)c1ccc(C2CC(=O)OC2=O)n1C. The maximum Gasteiger partial charge on any atom is 0.354 e. The van der Waals surface area contributed by atoms with Gasteiger partial charge in [0.2, 0.25) is 0 Å². The lowest BCUT2D eigenvalue weighted by atomic mass is 10.0. The predicted octanol–water partition coefficient (Wildman–Crippen LogP) is 0.369. The molecule has 1 aliphatic rings. The van der Waals surface area contributed by atoms with E-state index in [1.54, 1.807) is 19.2 Å². The number of carbonyl (C=O) groups excluding carboxylic acids is 3. The van der Waals surface area contributed by atoms with Crippen LogP contribution in [0.25, 0.3) is 0 Å². The molecular formula is C11H11NO5. The molecule has 0 saturated carbocycles. The molecule has 6 nitrogen and oxygen atoms in total. The lowest BCUT2D eigenvalue weighted by molar-refractivity contribution is -0.152. The zero-order valence-electron chi connectivity index (χ0n) is 9.43. The largest absolute Gasteiger partial charge is 0.464 e. The maximum atomic E-state index is 11.4. The van der Waals surface area contributed by atoms with E-state index in [1.165, 1.54) is 11.7 Å². The van der Waals surface area contributed by atoms with Crippen molar-refractivity contribution in [1.29, 1.82) is 0 Å². The molecule has 0 N–H and O–H groups in total. The van der Waals surface area contributed by atoms with E-state index in [-0.39, 0.29) is 6.42 Å². The van der Waals surface area contributed by atoms with Crippen LogP contribution in [0.2, 0.25) is 0 Å². The minimum atomic E-state index is -0.633. The Balaban J connectivity index is 2.35. The van der Waals surface area contributed by atoms with Crippen LogP contribution in [-0.4, -0.2) is 29.6 Å². The molecule has 1 unspecified atom stereocenters. The van der Waals surface area contributed by atoms with Gasteiger partial charge >= 0.3 is 17.9 Å². The molecule has 6 heteroatoms. The van der Waals surface area contributed by atoms with E-state index in [1.807, 2.05) is 0 Å². The second kappa shape index (κ2) is 4.04. The van der Waals surface area contributed by atoms with Crippen LogP contribution in [-0.2, 0) is 26.1 Å². The third kappa shape index (κ3) is 1.82. The third-order valence-electron chi connectivity index (χ3n) is 2.78. The Bertz CT molecular complexity index is 502. The van der Waals surface area contributed by atoms with Gasteiger partial charge in [-0.15, -0.1) is 0 Å². The van der Waals surface area contributed by atoms with Gasteiger partial charge in [0, 0.05) is 12.7 Å². The van der Waals surface area contributed by atoms with E-state index in [0.717, 1.165) is 0 Å². The summed E-state index contributed by atoms with van der Waals surface area (Å²) in [6, 6.07) is 3.17. The summed E-state index contributed by atoms with van der Waals surface area (Å²) in [4.78, 5) is 33.8. The zero-order chi connectivity index (χ0) is 12.6. The second-order valence-electron chi connectivity index (χ2n) is 3.74. The second-order valence-corrected chi connectivity index (χ2v) is 3.74. The lowest BCUT2D eigenvalue weighted by Gasteiger charge is -2.08. The molecule has 2 rings (SSSR count). The Hall–Kier alpha value is -2.11. The van der Waals surface area contributed by atoms with Gasteiger partial charge in [0.15, 0.2) is 0 Å². The maximum absolute atomic E-state index is 11.4. The van der Waals surface area contributed by atoms with Gasteiger partial charge in [-0.05, 0) is 12.1 Å². The van der Waals surface area contributed by atoms with Crippen molar-refractivity contribution < 1.29 is 23.9 Å². The van der Waals surface area contributed by atoms with Gasteiger partial charge in [-0.1, -0.05) is 0 Å². The lowest BCUT2D eigenvalue weighted by Crippen LogP contribution is -2.14. The summed E-state index contributed by atoms with van der Waals surface area (Å²) in [5, 5.41) is 0. The molecule has 0 spiro atoms. The first kappa shape index (κ1) is 11.4. The number of cyclic esters (lactones) is 2. The molecule has 1 aromatic heterocycles. The van der Waals surface area contributed by atoms with Gasteiger partial charge < -0.3 is 14.0 Å². The highest BCUT2D eigenvalue weighted by atomic mass is 16.6. The van der Waals surface area contributed by atoms with Crippen LogP contribution < -0.4 is 0 Å². The summed E-state index contributed by atoms with van der Waals surface area (Å²) in [6.45, 7) is 0. The molecule has 1 aromatic rings. The zero-order valence-corrected chi connectivity index (χ0v) is 9.43. The Labute approximate surface area is 97.1 Å². The smallest absolute Gasteiger partial charge is 0.354 e. The number of carbonyl (C=O) groups is 3. The Morgan fingerprint density at radius 2 is 2.18 bits per heavy atom. The van der Waals surface area contributed by atoms with Crippen molar-refractivity contribution in [2.75, 3.05) is 7.11 Å². The summed E-state index contributed by atoms with van der Waals surface area (Å²) in [5.74, 6) is -2.24.